The zero-order chi connectivity index (χ0) is 12.6. The van der Waals surface area contributed by atoms with Crippen LogP contribution in [-0.2, 0) is 18.4 Å². The summed E-state index contributed by atoms with van der Waals surface area (Å²) < 4.78 is 6.51. The van der Waals surface area contributed by atoms with Gasteiger partial charge >= 0.3 is 0 Å². The summed E-state index contributed by atoms with van der Waals surface area (Å²) in [6.45, 7) is 2.16. The van der Waals surface area contributed by atoms with Crippen molar-refractivity contribution >= 4 is 22.5 Å². The topological polar surface area (TPSA) is 44.1 Å². The molecule has 0 aliphatic rings. The third-order valence-electron chi connectivity index (χ3n) is 2.72. The molecule has 0 saturated heterocycles. The van der Waals surface area contributed by atoms with Gasteiger partial charge in [-0.15, -0.1) is 0 Å². The molecule has 0 fully saturated rings. The maximum absolute atomic E-state index is 12.1. The summed E-state index contributed by atoms with van der Waals surface area (Å²) in [6, 6.07) is 3.48. The zero-order valence-electron chi connectivity index (χ0n) is 9.95. The van der Waals surface area contributed by atoms with E-state index in [9.17, 15) is 4.79 Å². The highest BCUT2D eigenvalue weighted by Crippen LogP contribution is 2.20. The quantitative estimate of drug-likeness (QED) is 0.822. The molecule has 2 aromatic rings. The Morgan fingerprint density at radius 3 is 2.82 bits per heavy atom. The number of benzene rings is 1. The van der Waals surface area contributed by atoms with Crippen molar-refractivity contribution in [3.63, 3.8) is 0 Å². The van der Waals surface area contributed by atoms with Crippen LogP contribution in [0.1, 0.15) is 11.4 Å². The number of rotatable bonds is 2. The van der Waals surface area contributed by atoms with Crippen LogP contribution in [0.15, 0.2) is 16.9 Å². The van der Waals surface area contributed by atoms with Crippen molar-refractivity contribution in [2.24, 2.45) is 7.05 Å². The van der Waals surface area contributed by atoms with Gasteiger partial charge in [0.15, 0.2) is 0 Å². The monoisotopic (exact) mass is 252 g/mol. The summed E-state index contributed by atoms with van der Waals surface area (Å²) in [7, 11) is 3.26. The highest BCUT2D eigenvalue weighted by molar-refractivity contribution is 6.32. The first kappa shape index (κ1) is 12.1. The summed E-state index contributed by atoms with van der Waals surface area (Å²) >= 11 is 6.03. The molecule has 17 heavy (non-hydrogen) atoms. The molecule has 0 amide bonds. The van der Waals surface area contributed by atoms with Gasteiger partial charge < -0.3 is 4.74 Å². The van der Waals surface area contributed by atoms with Crippen molar-refractivity contribution in [3.8, 4) is 0 Å². The van der Waals surface area contributed by atoms with Crippen LogP contribution in [0.2, 0.25) is 5.02 Å². The molecule has 2 rings (SSSR count). The van der Waals surface area contributed by atoms with E-state index in [0.717, 1.165) is 5.56 Å². The number of hydrogen-bond acceptors (Lipinski definition) is 3. The SMILES string of the molecule is COCc1nc2cc(Cl)c(C)cc2c(=O)n1C. The molecule has 0 unspecified atom stereocenters. The highest BCUT2D eigenvalue weighted by Gasteiger charge is 2.09. The maximum atomic E-state index is 12.1. The molecule has 1 aromatic carbocycles. The lowest BCUT2D eigenvalue weighted by molar-refractivity contribution is 0.174. The molecule has 0 aliphatic carbocycles. The van der Waals surface area contributed by atoms with Gasteiger partial charge in [-0.05, 0) is 24.6 Å². The lowest BCUT2D eigenvalue weighted by Crippen LogP contribution is -2.22. The molecule has 0 atom stereocenters. The smallest absolute Gasteiger partial charge is 0.261 e. The van der Waals surface area contributed by atoms with Gasteiger partial charge in [0.2, 0.25) is 0 Å². The third kappa shape index (κ3) is 2.06. The molecular weight excluding hydrogens is 240 g/mol. The van der Waals surface area contributed by atoms with Crippen LogP contribution in [0.3, 0.4) is 0 Å². The number of fused-ring (bicyclic) bond motifs is 1. The molecule has 4 nitrogen and oxygen atoms in total. The van der Waals surface area contributed by atoms with E-state index in [-0.39, 0.29) is 5.56 Å². The molecule has 90 valence electrons. The van der Waals surface area contributed by atoms with Gasteiger partial charge in [0, 0.05) is 19.2 Å². The Morgan fingerprint density at radius 1 is 1.47 bits per heavy atom. The Kier molecular flexibility index (Phi) is 3.17. The van der Waals surface area contributed by atoms with Crippen LogP contribution in [0.25, 0.3) is 10.9 Å². The molecule has 0 spiro atoms. The minimum absolute atomic E-state index is 0.0817. The molecular formula is C12H13ClN2O2. The lowest BCUT2D eigenvalue weighted by Gasteiger charge is -2.09. The van der Waals surface area contributed by atoms with Crippen LogP contribution in [0.4, 0.5) is 0 Å². The van der Waals surface area contributed by atoms with Crippen LogP contribution in [0, 0.1) is 6.92 Å². The summed E-state index contributed by atoms with van der Waals surface area (Å²) in [4.78, 5) is 16.5. The van der Waals surface area contributed by atoms with Crippen LogP contribution >= 0.6 is 11.6 Å². The Hall–Kier alpha value is -1.39. The van der Waals surface area contributed by atoms with Crippen molar-refractivity contribution in [1.82, 2.24) is 9.55 Å². The van der Waals surface area contributed by atoms with Crippen molar-refractivity contribution in [1.29, 1.82) is 0 Å². The molecule has 0 N–H and O–H groups in total. The predicted molar refractivity (Wildman–Crippen MR) is 67.4 cm³/mol. The summed E-state index contributed by atoms with van der Waals surface area (Å²) in [5.74, 6) is 0.588. The minimum atomic E-state index is -0.0817. The second-order valence-corrected chi connectivity index (χ2v) is 4.35. The van der Waals surface area contributed by atoms with Gasteiger partial charge in [-0.2, -0.15) is 0 Å². The summed E-state index contributed by atoms with van der Waals surface area (Å²) in [6.07, 6.45) is 0. The second kappa shape index (κ2) is 4.47. The molecule has 5 heteroatoms. The van der Waals surface area contributed by atoms with E-state index < -0.39 is 0 Å². The molecule has 1 heterocycles. The van der Waals surface area contributed by atoms with E-state index in [0.29, 0.717) is 28.4 Å². The molecule has 0 saturated carbocycles. The van der Waals surface area contributed by atoms with E-state index in [4.69, 9.17) is 16.3 Å². The van der Waals surface area contributed by atoms with E-state index in [1.165, 1.54) is 4.57 Å². The minimum Gasteiger partial charge on any atom is -0.377 e. The van der Waals surface area contributed by atoms with E-state index in [1.54, 1.807) is 26.3 Å². The van der Waals surface area contributed by atoms with E-state index in [1.807, 2.05) is 6.92 Å². The zero-order valence-corrected chi connectivity index (χ0v) is 10.7. The van der Waals surface area contributed by atoms with Crippen molar-refractivity contribution < 1.29 is 4.74 Å². The van der Waals surface area contributed by atoms with Gasteiger partial charge in [-0.1, -0.05) is 11.6 Å². The fourth-order valence-electron chi connectivity index (χ4n) is 1.70. The fourth-order valence-corrected chi connectivity index (χ4v) is 1.86. The van der Waals surface area contributed by atoms with Crippen molar-refractivity contribution in [2.75, 3.05) is 7.11 Å². The number of nitrogens with zero attached hydrogens (tertiary/aromatic N) is 2. The first-order valence-electron chi connectivity index (χ1n) is 5.19. The third-order valence-corrected chi connectivity index (χ3v) is 3.13. The van der Waals surface area contributed by atoms with Gasteiger partial charge in [0.25, 0.3) is 5.56 Å². The van der Waals surface area contributed by atoms with E-state index in [2.05, 4.69) is 4.98 Å². The number of aryl methyl sites for hydroxylation is 1. The Balaban J connectivity index is 2.81. The lowest BCUT2D eigenvalue weighted by atomic mass is 10.1. The Labute approximate surface area is 104 Å². The van der Waals surface area contributed by atoms with Crippen molar-refractivity contribution in [2.45, 2.75) is 13.5 Å². The molecule has 1 aromatic heterocycles. The van der Waals surface area contributed by atoms with Gasteiger partial charge in [-0.25, -0.2) is 4.98 Å². The number of ether oxygens (including phenoxy) is 1. The predicted octanol–water partition coefficient (Wildman–Crippen LogP) is 2.04. The Bertz CT molecular complexity index is 634. The van der Waals surface area contributed by atoms with Crippen molar-refractivity contribution in [3.05, 3.63) is 38.9 Å². The van der Waals surface area contributed by atoms with Gasteiger partial charge in [0.05, 0.1) is 10.9 Å². The first-order valence-corrected chi connectivity index (χ1v) is 5.57. The average Bonchev–Trinajstić information content (AvgIpc) is 2.29. The normalized spacial score (nSPS) is 11.1. The van der Waals surface area contributed by atoms with E-state index >= 15 is 0 Å². The highest BCUT2D eigenvalue weighted by atomic mass is 35.5. The van der Waals surface area contributed by atoms with Crippen LogP contribution in [0.5, 0.6) is 0 Å². The number of methoxy groups -OCH3 is 1. The summed E-state index contributed by atoms with van der Waals surface area (Å²) in [5.41, 5.74) is 1.40. The van der Waals surface area contributed by atoms with Crippen LogP contribution in [-0.4, -0.2) is 16.7 Å². The number of halogens is 1. The van der Waals surface area contributed by atoms with Gasteiger partial charge in [-0.3, -0.25) is 9.36 Å². The molecule has 0 radical (unpaired) electrons. The molecule has 0 aliphatic heterocycles. The standard InChI is InChI=1S/C12H13ClN2O2/c1-7-4-8-10(5-9(7)13)14-11(6-17-3)15(2)12(8)16/h4-5H,6H2,1-3H3. The average molecular weight is 253 g/mol. The number of aromatic nitrogens is 2. The molecule has 0 bridgehead atoms. The van der Waals surface area contributed by atoms with Crippen LogP contribution < -0.4 is 5.56 Å². The first-order chi connectivity index (χ1) is 8.04. The number of hydrogen-bond donors (Lipinski definition) is 0. The summed E-state index contributed by atoms with van der Waals surface area (Å²) in [5, 5.41) is 1.19. The van der Waals surface area contributed by atoms with Gasteiger partial charge in [0.1, 0.15) is 12.4 Å². The fraction of sp³-hybridized carbons (Fsp3) is 0.333. The second-order valence-electron chi connectivity index (χ2n) is 3.94. The largest absolute Gasteiger partial charge is 0.377 e. The Morgan fingerprint density at radius 2 is 2.18 bits per heavy atom. The maximum Gasteiger partial charge on any atom is 0.261 e.